The summed E-state index contributed by atoms with van der Waals surface area (Å²) < 4.78 is 10.4. The van der Waals surface area contributed by atoms with E-state index >= 15 is 0 Å². The number of hydrogen-bond donors (Lipinski definition) is 1. The number of nitrogens with one attached hydrogen (secondary N) is 1. The molecule has 1 aromatic heterocycles. The van der Waals surface area contributed by atoms with Gasteiger partial charge in [-0.05, 0) is 24.3 Å². The van der Waals surface area contributed by atoms with Gasteiger partial charge in [0.05, 0.1) is 10.6 Å². The van der Waals surface area contributed by atoms with Crippen LogP contribution in [-0.4, -0.2) is 34.4 Å². The summed E-state index contributed by atoms with van der Waals surface area (Å²) in [6.07, 6.45) is 0. The first kappa shape index (κ1) is 18.9. The van der Waals surface area contributed by atoms with Gasteiger partial charge in [-0.2, -0.15) is 0 Å². The number of anilines is 1. The van der Waals surface area contributed by atoms with Crippen LogP contribution in [0.5, 0.6) is 0 Å². The first-order valence-electron chi connectivity index (χ1n) is 7.83. The second kappa shape index (κ2) is 9.20. The quantitative estimate of drug-likeness (QED) is 0.475. The van der Waals surface area contributed by atoms with E-state index in [1.54, 1.807) is 48.5 Å². The maximum absolute atomic E-state index is 11.8. The third-order valence-electron chi connectivity index (χ3n) is 3.25. The first-order valence-corrected chi connectivity index (χ1v) is 9.20. The third kappa shape index (κ3) is 5.57. The van der Waals surface area contributed by atoms with E-state index in [0.717, 1.165) is 11.8 Å². The molecule has 0 bridgehead atoms. The van der Waals surface area contributed by atoms with E-state index in [9.17, 15) is 9.59 Å². The lowest BCUT2D eigenvalue weighted by Crippen LogP contribution is -2.21. The molecule has 1 amide bonds. The molecule has 0 saturated heterocycles. The standard InChI is InChI=1S/C18H14ClN3O4S/c19-14-9-5-4-8-13(14)17-21-22-18(26-17)27-11-16(24)25-10-15(23)20-12-6-2-1-3-7-12/h1-9H,10-11H2,(H,20,23). The van der Waals surface area contributed by atoms with E-state index in [2.05, 4.69) is 15.5 Å². The molecule has 0 unspecified atom stereocenters. The number of amides is 1. The lowest BCUT2D eigenvalue weighted by molar-refractivity contribution is -0.144. The van der Waals surface area contributed by atoms with E-state index in [1.807, 2.05) is 6.07 Å². The second-order valence-corrected chi connectivity index (χ2v) is 6.55. The van der Waals surface area contributed by atoms with Crippen LogP contribution in [0, 0.1) is 0 Å². The predicted octanol–water partition coefficient (Wildman–Crippen LogP) is 3.66. The molecule has 1 heterocycles. The summed E-state index contributed by atoms with van der Waals surface area (Å²) in [5.41, 5.74) is 1.24. The van der Waals surface area contributed by atoms with Crippen molar-refractivity contribution in [1.82, 2.24) is 10.2 Å². The van der Waals surface area contributed by atoms with Crippen molar-refractivity contribution in [3.63, 3.8) is 0 Å². The Labute approximate surface area is 164 Å². The van der Waals surface area contributed by atoms with Gasteiger partial charge >= 0.3 is 5.97 Å². The molecule has 0 radical (unpaired) electrons. The van der Waals surface area contributed by atoms with Crippen LogP contribution in [0.15, 0.2) is 64.2 Å². The summed E-state index contributed by atoms with van der Waals surface area (Å²) in [6.45, 7) is -0.372. The molecule has 9 heteroatoms. The summed E-state index contributed by atoms with van der Waals surface area (Å²) in [6, 6.07) is 16.0. The number of benzene rings is 2. The van der Waals surface area contributed by atoms with Gasteiger partial charge in [0, 0.05) is 5.69 Å². The largest absolute Gasteiger partial charge is 0.455 e. The number of carbonyl (C=O) groups is 2. The molecule has 0 aliphatic rings. The predicted molar refractivity (Wildman–Crippen MR) is 101 cm³/mol. The van der Waals surface area contributed by atoms with E-state index in [4.69, 9.17) is 20.8 Å². The molecule has 3 rings (SSSR count). The number of esters is 1. The van der Waals surface area contributed by atoms with Crippen molar-refractivity contribution < 1.29 is 18.7 Å². The number of ether oxygens (including phenoxy) is 1. The van der Waals surface area contributed by atoms with Crippen LogP contribution in [0.4, 0.5) is 5.69 Å². The van der Waals surface area contributed by atoms with Crippen LogP contribution in [0.25, 0.3) is 11.5 Å². The van der Waals surface area contributed by atoms with Crippen molar-refractivity contribution in [2.75, 3.05) is 17.7 Å². The third-order valence-corrected chi connectivity index (χ3v) is 4.37. The molecule has 0 aliphatic carbocycles. The first-order chi connectivity index (χ1) is 13.1. The molecular weight excluding hydrogens is 390 g/mol. The molecule has 0 fully saturated rings. The monoisotopic (exact) mass is 403 g/mol. The zero-order valence-electron chi connectivity index (χ0n) is 13.9. The van der Waals surface area contributed by atoms with Crippen molar-refractivity contribution in [3.8, 4) is 11.5 Å². The van der Waals surface area contributed by atoms with Crippen LogP contribution in [0.3, 0.4) is 0 Å². The Balaban J connectivity index is 1.44. The molecule has 7 nitrogen and oxygen atoms in total. The average Bonchev–Trinajstić information content (AvgIpc) is 3.15. The Hall–Kier alpha value is -2.84. The average molecular weight is 404 g/mol. The van der Waals surface area contributed by atoms with Crippen molar-refractivity contribution >= 4 is 40.9 Å². The van der Waals surface area contributed by atoms with Gasteiger partial charge in [-0.3, -0.25) is 9.59 Å². The number of rotatable bonds is 7. The molecular formula is C18H14ClN3O4S. The number of nitrogens with zero attached hydrogens (tertiary/aromatic N) is 2. The highest BCUT2D eigenvalue weighted by molar-refractivity contribution is 7.99. The molecule has 3 aromatic rings. The summed E-state index contributed by atoms with van der Waals surface area (Å²) in [4.78, 5) is 23.5. The van der Waals surface area contributed by atoms with Crippen molar-refractivity contribution in [2.24, 2.45) is 0 Å². The Bertz CT molecular complexity index is 933. The maximum Gasteiger partial charge on any atom is 0.316 e. The van der Waals surface area contributed by atoms with Gasteiger partial charge < -0.3 is 14.5 Å². The van der Waals surface area contributed by atoms with Crippen molar-refractivity contribution in [3.05, 3.63) is 59.6 Å². The second-order valence-electron chi connectivity index (χ2n) is 5.22. The highest BCUT2D eigenvalue weighted by atomic mass is 35.5. The zero-order valence-corrected chi connectivity index (χ0v) is 15.5. The fourth-order valence-corrected chi connectivity index (χ4v) is 2.82. The minimum absolute atomic E-state index is 0.0667. The Morgan fingerprint density at radius 1 is 1.07 bits per heavy atom. The van der Waals surface area contributed by atoms with Crippen LogP contribution >= 0.6 is 23.4 Å². The van der Waals surface area contributed by atoms with E-state index in [1.165, 1.54) is 0 Å². The fourth-order valence-electron chi connectivity index (χ4n) is 2.04. The Kier molecular flexibility index (Phi) is 6.45. The van der Waals surface area contributed by atoms with Gasteiger partial charge in [-0.1, -0.05) is 53.7 Å². The van der Waals surface area contributed by atoms with Gasteiger partial charge in [-0.15, -0.1) is 10.2 Å². The minimum Gasteiger partial charge on any atom is -0.455 e. The Morgan fingerprint density at radius 3 is 2.59 bits per heavy atom. The zero-order chi connectivity index (χ0) is 19.1. The van der Waals surface area contributed by atoms with Gasteiger partial charge in [0.25, 0.3) is 11.1 Å². The number of halogens is 1. The molecule has 0 aliphatic heterocycles. The highest BCUT2D eigenvalue weighted by Gasteiger charge is 2.14. The van der Waals surface area contributed by atoms with Gasteiger partial charge in [0.1, 0.15) is 5.75 Å². The molecule has 1 N–H and O–H groups in total. The van der Waals surface area contributed by atoms with E-state index < -0.39 is 11.9 Å². The molecule has 27 heavy (non-hydrogen) atoms. The van der Waals surface area contributed by atoms with Gasteiger partial charge in [0.2, 0.25) is 5.89 Å². The summed E-state index contributed by atoms with van der Waals surface area (Å²) in [5, 5.41) is 11.1. The normalized spacial score (nSPS) is 10.4. The summed E-state index contributed by atoms with van der Waals surface area (Å²) in [5.74, 6) is -0.791. The number of hydrogen-bond acceptors (Lipinski definition) is 7. The lowest BCUT2D eigenvalue weighted by Gasteiger charge is -2.05. The lowest BCUT2D eigenvalue weighted by atomic mass is 10.2. The molecule has 0 spiro atoms. The molecule has 2 aromatic carbocycles. The van der Waals surface area contributed by atoms with E-state index in [0.29, 0.717) is 16.3 Å². The maximum atomic E-state index is 11.8. The van der Waals surface area contributed by atoms with Crippen LogP contribution in [-0.2, 0) is 14.3 Å². The molecule has 0 atom stereocenters. The minimum atomic E-state index is -0.569. The number of para-hydroxylation sites is 1. The van der Waals surface area contributed by atoms with Crippen molar-refractivity contribution in [2.45, 2.75) is 5.22 Å². The van der Waals surface area contributed by atoms with E-state index in [-0.39, 0.29) is 23.5 Å². The van der Waals surface area contributed by atoms with Gasteiger partial charge in [-0.25, -0.2) is 0 Å². The summed E-state index contributed by atoms with van der Waals surface area (Å²) >= 11 is 7.09. The summed E-state index contributed by atoms with van der Waals surface area (Å²) in [7, 11) is 0. The van der Waals surface area contributed by atoms with Crippen molar-refractivity contribution in [1.29, 1.82) is 0 Å². The Morgan fingerprint density at radius 2 is 1.81 bits per heavy atom. The smallest absolute Gasteiger partial charge is 0.316 e. The topological polar surface area (TPSA) is 94.3 Å². The molecule has 0 saturated carbocycles. The molecule has 138 valence electrons. The number of aromatic nitrogens is 2. The van der Waals surface area contributed by atoms with Crippen LogP contribution in [0.1, 0.15) is 0 Å². The van der Waals surface area contributed by atoms with Gasteiger partial charge in [0.15, 0.2) is 6.61 Å². The fraction of sp³-hybridized carbons (Fsp3) is 0.111. The SMILES string of the molecule is O=C(COC(=O)CSc1nnc(-c2ccccc2Cl)o1)Nc1ccccc1. The van der Waals surface area contributed by atoms with Crippen LogP contribution in [0.2, 0.25) is 5.02 Å². The van der Waals surface area contributed by atoms with Crippen LogP contribution < -0.4 is 5.32 Å². The highest BCUT2D eigenvalue weighted by Crippen LogP contribution is 2.28. The number of thioether (sulfide) groups is 1. The number of carbonyl (C=O) groups excluding carboxylic acids is 2.